The summed E-state index contributed by atoms with van der Waals surface area (Å²) in [6.07, 6.45) is 7.02. The van der Waals surface area contributed by atoms with Gasteiger partial charge in [0.25, 0.3) is 0 Å². The molecule has 1 aliphatic heterocycles. The van der Waals surface area contributed by atoms with Gasteiger partial charge in [0.05, 0.1) is 0 Å². The first-order chi connectivity index (χ1) is 11.2. The number of aliphatic hydroxyl groups excluding tert-OH is 1. The molecular weight excluding hydrogens is 292 g/mol. The summed E-state index contributed by atoms with van der Waals surface area (Å²) in [6.45, 7) is 4.71. The average molecular weight is 320 g/mol. The van der Waals surface area contributed by atoms with E-state index in [1.54, 1.807) is 0 Å². The molecule has 1 unspecified atom stereocenters. The first-order valence-electron chi connectivity index (χ1n) is 8.54. The molecule has 0 radical (unpaired) electrons. The highest BCUT2D eigenvalue weighted by molar-refractivity contribution is 5.74. The van der Waals surface area contributed by atoms with Gasteiger partial charge in [-0.1, -0.05) is 0 Å². The van der Waals surface area contributed by atoms with Crippen molar-refractivity contribution in [1.82, 2.24) is 15.6 Å². The predicted octanol–water partition coefficient (Wildman–Crippen LogP) is 2.03. The van der Waals surface area contributed by atoms with Gasteiger partial charge in [0.15, 0.2) is 0 Å². The van der Waals surface area contributed by atoms with Crippen molar-refractivity contribution in [2.24, 2.45) is 0 Å². The molecule has 0 aliphatic carbocycles. The number of hydrogen-bond acceptors (Lipinski definition) is 4. The van der Waals surface area contributed by atoms with Gasteiger partial charge in [0, 0.05) is 38.5 Å². The molecule has 2 amide bonds. The van der Waals surface area contributed by atoms with Crippen LogP contribution in [0, 0.1) is 0 Å². The van der Waals surface area contributed by atoms with Crippen LogP contribution in [-0.4, -0.2) is 41.9 Å². The summed E-state index contributed by atoms with van der Waals surface area (Å²) >= 11 is 0. The lowest BCUT2D eigenvalue weighted by Gasteiger charge is -2.27. The molecule has 6 heteroatoms. The van der Waals surface area contributed by atoms with E-state index < -0.39 is 0 Å². The monoisotopic (exact) mass is 320 g/mol. The Bertz CT molecular complexity index is 489. The molecule has 3 N–H and O–H groups in total. The van der Waals surface area contributed by atoms with E-state index in [9.17, 15) is 4.79 Å². The zero-order chi connectivity index (χ0) is 16.5. The highest BCUT2D eigenvalue weighted by Crippen LogP contribution is 2.18. The number of carbonyl (C=O) groups is 1. The number of hydrogen-bond donors (Lipinski definition) is 3. The van der Waals surface area contributed by atoms with Gasteiger partial charge < -0.3 is 20.6 Å². The number of nitrogens with zero attached hydrogens (tertiary/aromatic N) is 2. The Balaban J connectivity index is 1.79. The first kappa shape index (κ1) is 17.5. The van der Waals surface area contributed by atoms with Crippen LogP contribution in [0.2, 0.25) is 0 Å². The molecule has 23 heavy (non-hydrogen) atoms. The van der Waals surface area contributed by atoms with E-state index in [-0.39, 0.29) is 18.7 Å². The van der Waals surface area contributed by atoms with E-state index in [0.29, 0.717) is 13.0 Å². The summed E-state index contributed by atoms with van der Waals surface area (Å²) in [5, 5.41) is 14.5. The quantitative estimate of drug-likeness (QED) is 0.718. The number of anilines is 1. The Morgan fingerprint density at radius 1 is 1.39 bits per heavy atom. The Labute approximate surface area is 138 Å². The molecule has 6 nitrogen and oxygen atoms in total. The number of amides is 2. The van der Waals surface area contributed by atoms with Crippen LogP contribution in [0.1, 0.15) is 44.6 Å². The topological polar surface area (TPSA) is 77.5 Å². The van der Waals surface area contributed by atoms with Gasteiger partial charge in [-0.25, -0.2) is 9.78 Å². The molecule has 1 aliphatic rings. The summed E-state index contributed by atoms with van der Waals surface area (Å²) in [7, 11) is 0. The van der Waals surface area contributed by atoms with Crippen LogP contribution in [0.5, 0.6) is 0 Å². The van der Waals surface area contributed by atoms with Crippen molar-refractivity contribution < 1.29 is 9.90 Å². The number of pyridine rings is 1. The van der Waals surface area contributed by atoms with E-state index >= 15 is 0 Å². The van der Waals surface area contributed by atoms with E-state index in [4.69, 9.17) is 5.11 Å². The molecule has 1 fully saturated rings. The molecule has 1 saturated heterocycles. The minimum absolute atomic E-state index is 0.0588. The van der Waals surface area contributed by atoms with Crippen molar-refractivity contribution in [3.63, 3.8) is 0 Å². The Hall–Kier alpha value is -1.82. The predicted molar refractivity (Wildman–Crippen MR) is 91.5 cm³/mol. The van der Waals surface area contributed by atoms with E-state index in [0.717, 1.165) is 30.9 Å². The van der Waals surface area contributed by atoms with E-state index in [1.807, 2.05) is 19.2 Å². The maximum absolute atomic E-state index is 11.9. The third-order valence-corrected chi connectivity index (χ3v) is 4.12. The SMILES string of the molecule is CC(CCCO)NC(=O)NCc1ccnc(N2CCCCC2)c1. The fourth-order valence-corrected chi connectivity index (χ4v) is 2.79. The standard InChI is InChI=1S/C17H28N4O2/c1-14(6-5-11-22)20-17(23)19-13-15-7-8-18-16(12-15)21-9-3-2-4-10-21/h7-8,12,14,22H,2-6,9-11,13H2,1H3,(H2,19,20,23). The largest absolute Gasteiger partial charge is 0.396 e. The van der Waals surface area contributed by atoms with E-state index in [2.05, 4.69) is 26.6 Å². The maximum Gasteiger partial charge on any atom is 0.315 e. The van der Waals surface area contributed by atoms with Crippen molar-refractivity contribution in [2.75, 3.05) is 24.6 Å². The summed E-state index contributed by atoms with van der Waals surface area (Å²) < 4.78 is 0. The minimum atomic E-state index is -0.174. The van der Waals surface area contributed by atoms with Gasteiger partial charge >= 0.3 is 6.03 Å². The number of urea groups is 1. The van der Waals surface area contributed by atoms with Crippen molar-refractivity contribution >= 4 is 11.8 Å². The smallest absolute Gasteiger partial charge is 0.315 e. The number of nitrogens with one attached hydrogen (secondary N) is 2. The number of aromatic nitrogens is 1. The summed E-state index contributed by atoms with van der Waals surface area (Å²) in [5.41, 5.74) is 1.05. The summed E-state index contributed by atoms with van der Waals surface area (Å²) in [4.78, 5) is 18.6. The van der Waals surface area contributed by atoms with Crippen LogP contribution in [-0.2, 0) is 6.54 Å². The minimum Gasteiger partial charge on any atom is -0.396 e. The molecule has 1 atom stereocenters. The van der Waals surface area contributed by atoms with Crippen LogP contribution in [0.4, 0.5) is 10.6 Å². The van der Waals surface area contributed by atoms with Crippen LogP contribution >= 0.6 is 0 Å². The molecular formula is C17H28N4O2. The second-order valence-electron chi connectivity index (χ2n) is 6.16. The van der Waals surface area contributed by atoms with Gasteiger partial charge in [-0.2, -0.15) is 0 Å². The van der Waals surface area contributed by atoms with Crippen LogP contribution in [0.3, 0.4) is 0 Å². The second kappa shape index (κ2) is 9.35. The number of piperidine rings is 1. The third kappa shape index (κ3) is 6.06. The highest BCUT2D eigenvalue weighted by Gasteiger charge is 2.12. The molecule has 0 saturated carbocycles. The Morgan fingerprint density at radius 3 is 2.91 bits per heavy atom. The van der Waals surface area contributed by atoms with Gasteiger partial charge in [-0.15, -0.1) is 0 Å². The van der Waals surface area contributed by atoms with Crippen molar-refractivity contribution in [1.29, 1.82) is 0 Å². The van der Waals surface area contributed by atoms with Crippen molar-refractivity contribution in [2.45, 2.75) is 51.6 Å². The van der Waals surface area contributed by atoms with Crippen molar-refractivity contribution in [3.05, 3.63) is 23.9 Å². The summed E-state index contributed by atoms with van der Waals surface area (Å²) in [6, 6.07) is 3.87. The molecule has 0 spiro atoms. The lowest BCUT2D eigenvalue weighted by atomic mass is 10.1. The Morgan fingerprint density at radius 2 is 2.17 bits per heavy atom. The summed E-state index contributed by atoms with van der Waals surface area (Å²) in [5.74, 6) is 1.00. The van der Waals surface area contributed by atoms with Crippen LogP contribution in [0.15, 0.2) is 18.3 Å². The molecule has 2 heterocycles. The van der Waals surface area contributed by atoms with Gasteiger partial charge in [0.2, 0.25) is 0 Å². The number of rotatable bonds is 7. The number of aliphatic hydroxyl groups is 1. The van der Waals surface area contributed by atoms with Gasteiger partial charge in [-0.3, -0.25) is 0 Å². The molecule has 2 rings (SSSR count). The molecule has 0 bridgehead atoms. The Kier molecular flexibility index (Phi) is 7.13. The molecule has 0 aromatic carbocycles. The maximum atomic E-state index is 11.9. The molecule has 128 valence electrons. The van der Waals surface area contributed by atoms with Crippen LogP contribution in [0.25, 0.3) is 0 Å². The lowest BCUT2D eigenvalue weighted by Crippen LogP contribution is -2.40. The zero-order valence-electron chi connectivity index (χ0n) is 13.9. The highest BCUT2D eigenvalue weighted by atomic mass is 16.3. The fraction of sp³-hybridized carbons (Fsp3) is 0.647. The molecule has 1 aromatic heterocycles. The zero-order valence-corrected chi connectivity index (χ0v) is 13.9. The normalized spacial score (nSPS) is 16.0. The lowest BCUT2D eigenvalue weighted by molar-refractivity contribution is 0.234. The number of carbonyl (C=O) groups excluding carboxylic acids is 1. The van der Waals surface area contributed by atoms with E-state index in [1.165, 1.54) is 19.3 Å². The fourth-order valence-electron chi connectivity index (χ4n) is 2.79. The van der Waals surface area contributed by atoms with Gasteiger partial charge in [-0.05, 0) is 56.7 Å². The van der Waals surface area contributed by atoms with Crippen molar-refractivity contribution in [3.8, 4) is 0 Å². The van der Waals surface area contributed by atoms with Gasteiger partial charge in [0.1, 0.15) is 5.82 Å². The average Bonchev–Trinajstić information content (AvgIpc) is 2.59. The van der Waals surface area contributed by atoms with Crippen LogP contribution < -0.4 is 15.5 Å². The first-order valence-corrected chi connectivity index (χ1v) is 8.54. The molecule has 1 aromatic rings. The third-order valence-electron chi connectivity index (χ3n) is 4.12. The second-order valence-corrected chi connectivity index (χ2v) is 6.16.